The van der Waals surface area contributed by atoms with Gasteiger partial charge in [-0.05, 0) is 34.7 Å². The van der Waals surface area contributed by atoms with Crippen LogP contribution < -0.4 is 10.7 Å². The van der Waals surface area contributed by atoms with Gasteiger partial charge in [0, 0.05) is 5.56 Å². The Balaban J connectivity index is 1.87. The van der Waals surface area contributed by atoms with Crippen molar-refractivity contribution in [1.29, 1.82) is 0 Å². The van der Waals surface area contributed by atoms with Crippen LogP contribution >= 0.6 is 0 Å². The Labute approximate surface area is 175 Å². The van der Waals surface area contributed by atoms with E-state index in [1.54, 1.807) is 17.6 Å². The number of cyclic esters (lactones) is 1. The molecule has 7 heteroatoms. The Hall–Kier alpha value is -2.77. The second-order valence-corrected chi connectivity index (χ2v) is 14.2. The van der Waals surface area contributed by atoms with Crippen molar-refractivity contribution in [1.82, 2.24) is 9.55 Å². The van der Waals surface area contributed by atoms with E-state index in [9.17, 15) is 14.7 Å². The van der Waals surface area contributed by atoms with Gasteiger partial charge in [-0.25, -0.2) is 9.78 Å². The fourth-order valence-corrected chi connectivity index (χ4v) is 7.01. The van der Waals surface area contributed by atoms with E-state index >= 15 is 0 Å². The smallest absolute Gasteiger partial charge is 0.343 e. The standard InChI is InChI=1S/C23H24N2O4Si/c1-5-23(28)16-10-18-19-14(11-25(18)21(26)15(16)12-29-22(23)27)20(30(2,3)4)13-8-6-7-9-17(13)24-19/h6-10,28H,5,11-12H2,1-4H3/t23-/m0/s1. The number of carbonyl (C=O) groups excluding carboxylic acids is 1. The molecule has 0 unspecified atom stereocenters. The molecule has 2 aromatic heterocycles. The van der Waals surface area contributed by atoms with Crippen LogP contribution in [-0.4, -0.2) is 28.7 Å². The number of aliphatic hydroxyl groups is 1. The number of esters is 1. The van der Waals surface area contributed by atoms with Crippen LogP contribution in [0.25, 0.3) is 22.3 Å². The fraction of sp³-hybridized carbons (Fsp3) is 0.348. The van der Waals surface area contributed by atoms with Crippen LogP contribution in [0.15, 0.2) is 35.1 Å². The summed E-state index contributed by atoms with van der Waals surface area (Å²) in [6, 6.07) is 9.88. The molecule has 1 aromatic carbocycles. The van der Waals surface area contributed by atoms with Gasteiger partial charge in [0.2, 0.25) is 0 Å². The Bertz CT molecular complexity index is 1310. The Morgan fingerprint density at radius 3 is 2.63 bits per heavy atom. The van der Waals surface area contributed by atoms with Crippen LogP contribution in [0.2, 0.25) is 19.6 Å². The van der Waals surface area contributed by atoms with Gasteiger partial charge in [-0.3, -0.25) is 4.79 Å². The molecular formula is C23H24N2O4Si. The molecule has 154 valence electrons. The maximum absolute atomic E-state index is 13.4. The minimum Gasteiger partial charge on any atom is -0.458 e. The summed E-state index contributed by atoms with van der Waals surface area (Å²) in [5.41, 5.74) is 2.12. The lowest BCUT2D eigenvalue weighted by Crippen LogP contribution is -2.44. The fourth-order valence-electron chi connectivity index (χ4n) is 4.88. The summed E-state index contributed by atoms with van der Waals surface area (Å²) >= 11 is 0. The van der Waals surface area contributed by atoms with Crippen LogP contribution in [0.5, 0.6) is 0 Å². The number of para-hydroxylation sites is 1. The molecule has 0 saturated heterocycles. The van der Waals surface area contributed by atoms with Crippen molar-refractivity contribution >= 4 is 30.1 Å². The van der Waals surface area contributed by atoms with Gasteiger partial charge in [-0.2, -0.15) is 0 Å². The van der Waals surface area contributed by atoms with Crippen LogP contribution in [0, 0.1) is 0 Å². The average molecular weight is 421 g/mol. The van der Waals surface area contributed by atoms with E-state index in [0.717, 1.165) is 22.2 Å². The van der Waals surface area contributed by atoms with Gasteiger partial charge in [-0.15, -0.1) is 0 Å². The SMILES string of the molecule is CC[C@@]1(O)C(=O)OCc2c1cc1n(c2=O)Cc2c-1nc1ccccc1c2[Si](C)(C)C. The minimum atomic E-state index is -1.80. The largest absolute Gasteiger partial charge is 0.458 e. The average Bonchev–Trinajstić information content (AvgIpc) is 3.06. The predicted molar refractivity (Wildman–Crippen MR) is 118 cm³/mol. The van der Waals surface area contributed by atoms with E-state index < -0.39 is 19.6 Å². The number of benzene rings is 1. The molecule has 2 aliphatic rings. The molecule has 4 heterocycles. The summed E-state index contributed by atoms with van der Waals surface area (Å²) in [5.74, 6) is -0.700. The molecule has 6 nitrogen and oxygen atoms in total. The highest BCUT2D eigenvalue weighted by atomic mass is 28.3. The van der Waals surface area contributed by atoms with Crippen LogP contribution in [0.4, 0.5) is 0 Å². The molecule has 2 aliphatic heterocycles. The van der Waals surface area contributed by atoms with Crippen molar-refractivity contribution in [3.05, 3.63) is 57.4 Å². The molecule has 0 amide bonds. The van der Waals surface area contributed by atoms with Gasteiger partial charge in [0.05, 0.1) is 37.1 Å². The molecule has 0 fully saturated rings. The highest BCUT2D eigenvalue weighted by Crippen LogP contribution is 2.38. The molecule has 0 saturated carbocycles. The van der Waals surface area contributed by atoms with Crippen molar-refractivity contribution in [3.63, 3.8) is 0 Å². The van der Waals surface area contributed by atoms with Crippen LogP contribution in [-0.2, 0) is 28.3 Å². The number of aromatic nitrogens is 2. The van der Waals surface area contributed by atoms with Crippen molar-refractivity contribution in [2.75, 3.05) is 0 Å². The summed E-state index contributed by atoms with van der Waals surface area (Å²) in [5, 5.41) is 13.5. The number of fused-ring (bicyclic) bond motifs is 5. The first-order valence-corrected chi connectivity index (χ1v) is 13.8. The normalized spacial score (nSPS) is 20.0. The van der Waals surface area contributed by atoms with E-state index in [4.69, 9.17) is 9.72 Å². The van der Waals surface area contributed by atoms with E-state index in [1.807, 2.05) is 18.2 Å². The molecule has 0 bridgehead atoms. The monoisotopic (exact) mass is 420 g/mol. The maximum Gasteiger partial charge on any atom is 0.343 e. The number of rotatable bonds is 2. The molecule has 5 rings (SSSR count). The molecule has 1 atom stereocenters. The van der Waals surface area contributed by atoms with Crippen molar-refractivity contribution in [3.8, 4) is 11.4 Å². The maximum atomic E-state index is 13.4. The third-order valence-electron chi connectivity index (χ3n) is 6.34. The summed E-state index contributed by atoms with van der Waals surface area (Å²) in [7, 11) is -1.77. The number of nitrogens with zero attached hydrogens (tertiary/aromatic N) is 2. The van der Waals surface area contributed by atoms with Crippen LogP contribution in [0.1, 0.15) is 30.0 Å². The van der Waals surface area contributed by atoms with Crippen molar-refractivity contribution < 1.29 is 14.6 Å². The zero-order valence-electron chi connectivity index (χ0n) is 17.6. The zero-order valence-corrected chi connectivity index (χ0v) is 18.6. The number of ether oxygens (including phenoxy) is 1. The van der Waals surface area contributed by atoms with Gasteiger partial charge in [0.1, 0.15) is 6.61 Å². The summed E-state index contributed by atoms with van der Waals surface area (Å²) in [6.07, 6.45) is 0.139. The van der Waals surface area contributed by atoms with E-state index in [2.05, 4.69) is 25.7 Å². The third kappa shape index (κ3) is 2.42. The second kappa shape index (κ2) is 6.12. The highest BCUT2D eigenvalue weighted by Gasteiger charge is 2.45. The lowest BCUT2D eigenvalue weighted by Gasteiger charge is -2.31. The van der Waals surface area contributed by atoms with Gasteiger partial charge in [0.25, 0.3) is 5.56 Å². The quantitative estimate of drug-likeness (QED) is 0.398. The molecule has 0 aliphatic carbocycles. The van der Waals surface area contributed by atoms with E-state index in [0.29, 0.717) is 23.4 Å². The van der Waals surface area contributed by atoms with Crippen molar-refractivity contribution in [2.45, 2.75) is 51.7 Å². The van der Waals surface area contributed by atoms with Gasteiger partial charge in [-0.1, -0.05) is 44.8 Å². The second-order valence-electron chi connectivity index (χ2n) is 9.18. The lowest BCUT2D eigenvalue weighted by molar-refractivity contribution is -0.172. The van der Waals surface area contributed by atoms with Gasteiger partial charge in [0.15, 0.2) is 5.60 Å². The van der Waals surface area contributed by atoms with E-state index in [-0.39, 0.29) is 18.6 Å². The molecule has 30 heavy (non-hydrogen) atoms. The van der Waals surface area contributed by atoms with E-state index in [1.165, 1.54) is 5.19 Å². The lowest BCUT2D eigenvalue weighted by atomic mass is 9.86. The third-order valence-corrected chi connectivity index (χ3v) is 8.42. The molecular weight excluding hydrogens is 396 g/mol. The van der Waals surface area contributed by atoms with Crippen LogP contribution in [0.3, 0.4) is 0 Å². The Morgan fingerprint density at radius 1 is 1.20 bits per heavy atom. The number of pyridine rings is 2. The Kier molecular flexibility index (Phi) is 3.92. The first-order chi connectivity index (χ1) is 14.2. The molecule has 1 N–H and O–H groups in total. The molecule has 3 aromatic rings. The number of carbonyl (C=O) groups is 1. The topological polar surface area (TPSA) is 81.4 Å². The first-order valence-electron chi connectivity index (χ1n) is 10.3. The summed E-state index contributed by atoms with van der Waals surface area (Å²) < 4.78 is 6.88. The zero-order chi connectivity index (χ0) is 21.4. The molecule has 0 spiro atoms. The predicted octanol–water partition coefficient (Wildman–Crippen LogP) is 2.62. The van der Waals surface area contributed by atoms with Gasteiger partial charge >= 0.3 is 5.97 Å². The highest BCUT2D eigenvalue weighted by molar-refractivity contribution is 6.90. The Morgan fingerprint density at radius 2 is 1.93 bits per heavy atom. The first kappa shape index (κ1) is 19.2. The molecule has 0 radical (unpaired) electrons. The van der Waals surface area contributed by atoms with Crippen molar-refractivity contribution in [2.24, 2.45) is 0 Å². The number of hydrogen-bond acceptors (Lipinski definition) is 5. The van der Waals surface area contributed by atoms with Gasteiger partial charge < -0.3 is 14.4 Å². The minimum absolute atomic E-state index is 0.109. The number of hydrogen-bond donors (Lipinski definition) is 1. The summed E-state index contributed by atoms with van der Waals surface area (Å²) in [4.78, 5) is 30.6. The summed E-state index contributed by atoms with van der Waals surface area (Å²) in [6.45, 7) is 8.95.